The van der Waals surface area contributed by atoms with E-state index in [2.05, 4.69) is 25.1 Å². The highest BCUT2D eigenvalue weighted by atomic mass is 19.1. The van der Waals surface area contributed by atoms with Gasteiger partial charge in [-0.3, -0.25) is 4.79 Å². The van der Waals surface area contributed by atoms with Crippen molar-refractivity contribution >= 4 is 5.91 Å². The topological polar surface area (TPSA) is 20.3 Å². The van der Waals surface area contributed by atoms with Gasteiger partial charge in [0.15, 0.2) is 0 Å². The Balaban J connectivity index is 1.74. The van der Waals surface area contributed by atoms with Crippen molar-refractivity contribution < 1.29 is 9.18 Å². The number of carbonyl (C=O) groups is 1. The maximum absolute atomic E-state index is 13.1. The van der Waals surface area contributed by atoms with Gasteiger partial charge in [-0.2, -0.15) is 0 Å². The second-order valence-corrected chi connectivity index (χ2v) is 7.36. The minimum Gasteiger partial charge on any atom is -0.342 e. The van der Waals surface area contributed by atoms with Crippen molar-refractivity contribution in [3.8, 4) is 11.1 Å². The molecule has 0 saturated carbocycles. The van der Waals surface area contributed by atoms with Gasteiger partial charge in [-0.25, -0.2) is 4.39 Å². The van der Waals surface area contributed by atoms with Crippen LogP contribution in [0.1, 0.15) is 37.3 Å². The fraction of sp³-hybridized carbons (Fsp3) is 0.381. The Morgan fingerprint density at radius 1 is 1.08 bits per heavy atom. The lowest BCUT2D eigenvalue weighted by Gasteiger charge is -2.50. The first kappa shape index (κ1) is 15.4. The van der Waals surface area contributed by atoms with Crippen LogP contribution in [0.5, 0.6) is 0 Å². The smallest absolute Gasteiger partial charge is 0.222 e. The second kappa shape index (κ2) is 5.44. The molecule has 4 rings (SSSR count). The van der Waals surface area contributed by atoms with Crippen molar-refractivity contribution in [3.05, 3.63) is 59.4 Å². The van der Waals surface area contributed by atoms with Crippen LogP contribution in [0.15, 0.2) is 42.5 Å². The molecule has 1 heterocycles. The fourth-order valence-corrected chi connectivity index (χ4v) is 4.61. The third-order valence-corrected chi connectivity index (χ3v) is 6.04. The van der Waals surface area contributed by atoms with E-state index in [1.165, 1.54) is 23.3 Å². The van der Waals surface area contributed by atoms with Crippen LogP contribution in [0.25, 0.3) is 11.1 Å². The number of likely N-dealkylation sites (tertiary alicyclic amines) is 1. The zero-order valence-corrected chi connectivity index (χ0v) is 14.2. The molecule has 1 fully saturated rings. The minimum atomic E-state index is -0.207. The number of benzene rings is 2. The van der Waals surface area contributed by atoms with Crippen molar-refractivity contribution in [2.75, 3.05) is 7.05 Å². The van der Waals surface area contributed by atoms with Gasteiger partial charge in [0.25, 0.3) is 0 Å². The van der Waals surface area contributed by atoms with E-state index in [0.29, 0.717) is 12.5 Å². The molecule has 0 aromatic heterocycles. The van der Waals surface area contributed by atoms with Gasteiger partial charge in [0.1, 0.15) is 5.82 Å². The van der Waals surface area contributed by atoms with Crippen LogP contribution in [-0.2, 0) is 16.6 Å². The summed E-state index contributed by atoms with van der Waals surface area (Å²) in [6.45, 7) is 2.30. The van der Waals surface area contributed by atoms with E-state index < -0.39 is 0 Å². The minimum absolute atomic E-state index is 0.0393. The third-order valence-electron chi connectivity index (χ3n) is 6.04. The summed E-state index contributed by atoms with van der Waals surface area (Å²) in [6.07, 6.45) is 3.55. The van der Waals surface area contributed by atoms with Crippen molar-refractivity contribution in [2.24, 2.45) is 0 Å². The van der Waals surface area contributed by atoms with Crippen molar-refractivity contribution in [3.63, 3.8) is 0 Å². The standard InChI is InChI=1S/C21H22FNO/c1-21-12-11-20(24)23(2)19(21)10-6-16-13-15(5-9-18(16)21)14-3-7-17(22)8-4-14/h3-5,7-9,13,19H,6,10-12H2,1-2H3/t19-,21-/m1/s1. The van der Waals surface area contributed by atoms with E-state index in [1.54, 1.807) is 0 Å². The molecule has 2 aromatic carbocycles. The van der Waals surface area contributed by atoms with Crippen LogP contribution >= 0.6 is 0 Å². The Bertz CT molecular complexity index is 798. The van der Waals surface area contributed by atoms with Gasteiger partial charge in [-0.05, 0) is 53.6 Å². The van der Waals surface area contributed by atoms with E-state index in [0.717, 1.165) is 30.4 Å². The molecule has 2 aliphatic rings. The van der Waals surface area contributed by atoms with Crippen LogP contribution in [-0.4, -0.2) is 23.9 Å². The summed E-state index contributed by atoms with van der Waals surface area (Å²) < 4.78 is 13.1. The van der Waals surface area contributed by atoms with Gasteiger partial charge in [0, 0.05) is 24.9 Å². The molecule has 1 amide bonds. The zero-order valence-electron chi connectivity index (χ0n) is 14.2. The molecule has 2 atom stereocenters. The second-order valence-electron chi connectivity index (χ2n) is 7.36. The summed E-state index contributed by atoms with van der Waals surface area (Å²) >= 11 is 0. The van der Waals surface area contributed by atoms with Gasteiger partial charge in [-0.15, -0.1) is 0 Å². The molecule has 0 radical (unpaired) electrons. The average Bonchev–Trinajstić information content (AvgIpc) is 2.59. The number of rotatable bonds is 1. The van der Waals surface area contributed by atoms with E-state index in [1.807, 2.05) is 24.1 Å². The van der Waals surface area contributed by atoms with E-state index >= 15 is 0 Å². The average molecular weight is 323 g/mol. The molecule has 24 heavy (non-hydrogen) atoms. The van der Waals surface area contributed by atoms with E-state index in [9.17, 15) is 9.18 Å². The number of hydrogen-bond donors (Lipinski definition) is 0. The number of fused-ring (bicyclic) bond motifs is 3. The number of likely N-dealkylation sites (N-methyl/N-ethyl adjacent to an activating group) is 1. The summed E-state index contributed by atoms with van der Waals surface area (Å²) in [5.41, 5.74) is 4.97. The molecule has 2 aromatic rings. The molecule has 0 spiro atoms. The van der Waals surface area contributed by atoms with Crippen molar-refractivity contribution in [1.29, 1.82) is 0 Å². The predicted molar refractivity (Wildman–Crippen MR) is 93.3 cm³/mol. The lowest BCUT2D eigenvalue weighted by Crippen LogP contribution is -2.56. The van der Waals surface area contributed by atoms with E-state index in [-0.39, 0.29) is 17.1 Å². The first-order chi connectivity index (χ1) is 11.5. The van der Waals surface area contributed by atoms with Crippen LogP contribution < -0.4 is 0 Å². The summed E-state index contributed by atoms with van der Waals surface area (Å²) in [7, 11) is 1.95. The van der Waals surface area contributed by atoms with Crippen LogP contribution in [0.4, 0.5) is 4.39 Å². The Morgan fingerprint density at radius 3 is 2.54 bits per heavy atom. The van der Waals surface area contributed by atoms with Gasteiger partial charge >= 0.3 is 0 Å². The van der Waals surface area contributed by atoms with Crippen LogP contribution in [0.3, 0.4) is 0 Å². The monoisotopic (exact) mass is 323 g/mol. The highest BCUT2D eigenvalue weighted by Crippen LogP contribution is 2.46. The molecular weight excluding hydrogens is 301 g/mol. The molecule has 0 bridgehead atoms. The first-order valence-corrected chi connectivity index (χ1v) is 8.64. The molecule has 0 unspecified atom stereocenters. The Kier molecular flexibility index (Phi) is 3.48. The van der Waals surface area contributed by atoms with Gasteiger partial charge < -0.3 is 4.90 Å². The number of amides is 1. The molecule has 1 saturated heterocycles. The number of nitrogens with zero attached hydrogens (tertiary/aromatic N) is 1. The number of piperidine rings is 1. The fourth-order valence-electron chi connectivity index (χ4n) is 4.61. The Morgan fingerprint density at radius 2 is 1.79 bits per heavy atom. The summed E-state index contributed by atoms with van der Waals surface area (Å²) in [5, 5.41) is 0. The molecule has 3 heteroatoms. The first-order valence-electron chi connectivity index (χ1n) is 8.64. The molecule has 1 aliphatic carbocycles. The zero-order chi connectivity index (χ0) is 16.9. The molecular formula is C21H22FNO. The van der Waals surface area contributed by atoms with Gasteiger partial charge in [0.2, 0.25) is 5.91 Å². The largest absolute Gasteiger partial charge is 0.342 e. The van der Waals surface area contributed by atoms with Crippen molar-refractivity contribution in [2.45, 2.75) is 44.1 Å². The third kappa shape index (κ3) is 2.26. The quantitative estimate of drug-likeness (QED) is 0.765. The molecule has 1 aliphatic heterocycles. The van der Waals surface area contributed by atoms with Crippen LogP contribution in [0, 0.1) is 5.82 Å². The van der Waals surface area contributed by atoms with E-state index in [4.69, 9.17) is 0 Å². The molecule has 124 valence electrons. The summed E-state index contributed by atoms with van der Waals surface area (Å²) in [4.78, 5) is 14.0. The SMILES string of the molecule is CN1C(=O)CC[C@]2(C)c3ccc(-c4ccc(F)cc4)cc3CC[C@@H]12. The maximum atomic E-state index is 13.1. The number of hydrogen-bond acceptors (Lipinski definition) is 1. The highest BCUT2D eigenvalue weighted by Gasteiger charge is 2.46. The Hall–Kier alpha value is -2.16. The Labute approximate surface area is 142 Å². The number of aryl methyl sites for hydroxylation is 1. The lowest BCUT2D eigenvalue weighted by atomic mass is 9.63. The predicted octanol–water partition coefficient (Wildman–Crippen LogP) is 4.32. The lowest BCUT2D eigenvalue weighted by molar-refractivity contribution is -0.138. The number of carbonyl (C=O) groups excluding carboxylic acids is 1. The van der Waals surface area contributed by atoms with Gasteiger partial charge in [0.05, 0.1) is 0 Å². The normalized spacial score (nSPS) is 26.0. The van der Waals surface area contributed by atoms with Crippen LogP contribution in [0.2, 0.25) is 0 Å². The highest BCUT2D eigenvalue weighted by molar-refractivity contribution is 5.78. The van der Waals surface area contributed by atoms with Crippen molar-refractivity contribution in [1.82, 2.24) is 4.90 Å². The molecule has 0 N–H and O–H groups in total. The summed E-state index contributed by atoms with van der Waals surface area (Å²) in [5.74, 6) is 0.0610. The summed E-state index contributed by atoms with van der Waals surface area (Å²) in [6, 6.07) is 13.6. The maximum Gasteiger partial charge on any atom is 0.222 e. The molecule has 2 nitrogen and oxygen atoms in total. The number of halogens is 1. The van der Waals surface area contributed by atoms with Gasteiger partial charge in [-0.1, -0.05) is 37.3 Å².